The average Bonchev–Trinajstić information content (AvgIpc) is 3.24. The SMILES string of the molecule is Cc1nc(CCNC(=O)c2ccc3c(c2)[nH]c(=O)n3C2CCC(O)CC2)n[nH]1. The minimum atomic E-state index is -0.270. The van der Waals surface area contributed by atoms with Crippen molar-refractivity contribution in [1.29, 1.82) is 0 Å². The first-order valence-electron chi connectivity index (χ1n) is 9.59. The van der Waals surface area contributed by atoms with Crippen LogP contribution in [0.25, 0.3) is 11.0 Å². The van der Waals surface area contributed by atoms with Crippen molar-refractivity contribution in [3.63, 3.8) is 0 Å². The lowest BCUT2D eigenvalue weighted by molar-refractivity contribution is 0.0954. The van der Waals surface area contributed by atoms with Gasteiger partial charge in [0.15, 0.2) is 5.82 Å². The van der Waals surface area contributed by atoms with E-state index >= 15 is 0 Å². The zero-order valence-corrected chi connectivity index (χ0v) is 15.7. The van der Waals surface area contributed by atoms with E-state index < -0.39 is 0 Å². The highest BCUT2D eigenvalue weighted by Crippen LogP contribution is 2.29. The van der Waals surface area contributed by atoms with Crippen LogP contribution in [-0.4, -0.2) is 48.4 Å². The molecule has 0 unspecified atom stereocenters. The molecule has 0 atom stereocenters. The van der Waals surface area contributed by atoms with Crippen LogP contribution >= 0.6 is 0 Å². The maximum Gasteiger partial charge on any atom is 0.326 e. The molecular weight excluding hydrogens is 360 g/mol. The fraction of sp³-hybridized carbons (Fsp3) is 0.474. The predicted molar refractivity (Wildman–Crippen MR) is 103 cm³/mol. The van der Waals surface area contributed by atoms with Crippen molar-refractivity contribution in [3.05, 3.63) is 45.9 Å². The van der Waals surface area contributed by atoms with Gasteiger partial charge in [-0.3, -0.25) is 14.5 Å². The number of aromatic nitrogens is 5. The Morgan fingerprint density at radius 1 is 1.32 bits per heavy atom. The number of aromatic amines is 2. The summed E-state index contributed by atoms with van der Waals surface area (Å²) in [4.78, 5) is 31.9. The molecule has 148 valence electrons. The molecule has 28 heavy (non-hydrogen) atoms. The second kappa shape index (κ2) is 7.59. The van der Waals surface area contributed by atoms with Gasteiger partial charge in [0, 0.05) is 24.6 Å². The molecule has 0 aliphatic heterocycles. The Labute approximate surface area is 161 Å². The van der Waals surface area contributed by atoms with Crippen molar-refractivity contribution in [2.75, 3.05) is 6.54 Å². The number of fused-ring (bicyclic) bond motifs is 1. The number of aliphatic hydroxyl groups excluding tert-OH is 1. The molecule has 1 aromatic carbocycles. The summed E-state index contributed by atoms with van der Waals surface area (Å²) in [5.41, 5.74) is 1.76. The number of aliphatic hydroxyl groups is 1. The van der Waals surface area contributed by atoms with Crippen LogP contribution in [0.5, 0.6) is 0 Å². The van der Waals surface area contributed by atoms with Gasteiger partial charge in [-0.2, -0.15) is 5.10 Å². The molecule has 1 aliphatic carbocycles. The van der Waals surface area contributed by atoms with Crippen LogP contribution in [0.15, 0.2) is 23.0 Å². The van der Waals surface area contributed by atoms with Gasteiger partial charge in [-0.05, 0) is 50.8 Å². The lowest BCUT2D eigenvalue weighted by Crippen LogP contribution is -2.27. The number of nitrogens with zero attached hydrogens (tertiary/aromatic N) is 3. The van der Waals surface area contributed by atoms with E-state index in [0.717, 1.165) is 24.2 Å². The molecule has 2 aromatic heterocycles. The molecule has 1 aliphatic rings. The zero-order valence-electron chi connectivity index (χ0n) is 15.7. The number of amides is 1. The number of carbonyl (C=O) groups is 1. The Balaban J connectivity index is 1.47. The Morgan fingerprint density at radius 3 is 2.82 bits per heavy atom. The summed E-state index contributed by atoms with van der Waals surface area (Å²) in [5, 5.41) is 19.4. The van der Waals surface area contributed by atoms with Crippen LogP contribution in [0.2, 0.25) is 0 Å². The highest BCUT2D eigenvalue weighted by atomic mass is 16.3. The van der Waals surface area contributed by atoms with Gasteiger partial charge in [-0.1, -0.05) is 0 Å². The summed E-state index contributed by atoms with van der Waals surface area (Å²) in [7, 11) is 0. The smallest absolute Gasteiger partial charge is 0.326 e. The molecule has 1 amide bonds. The molecule has 9 nitrogen and oxygen atoms in total. The molecular formula is C19H24N6O3. The Hall–Kier alpha value is -2.94. The van der Waals surface area contributed by atoms with Gasteiger partial charge in [0.05, 0.1) is 17.1 Å². The molecule has 0 radical (unpaired) electrons. The Kier molecular flexibility index (Phi) is 4.99. The number of aryl methyl sites for hydroxylation is 1. The average molecular weight is 384 g/mol. The van der Waals surface area contributed by atoms with Crippen molar-refractivity contribution in [3.8, 4) is 0 Å². The van der Waals surface area contributed by atoms with E-state index in [4.69, 9.17) is 0 Å². The van der Waals surface area contributed by atoms with Crippen molar-refractivity contribution in [1.82, 2.24) is 30.0 Å². The summed E-state index contributed by atoms with van der Waals surface area (Å²) >= 11 is 0. The first-order valence-corrected chi connectivity index (χ1v) is 9.59. The first kappa shape index (κ1) is 18.4. The van der Waals surface area contributed by atoms with E-state index in [1.807, 2.05) is 13.0 Å². The van der Waals surface area contributed by atoms with E-state index in [-0.39, 0.29) is 23.7 Å². The third kappa shape index (κ3) is 3.70. The number of nitrogens with one attached hydrogen (secondary N) is 3. The zero-order chi connectivity index (χ0) is 19.7. The Bertz CT molecular complexity index is 1040. The molecule has 4 rings (SSSR count). The summed E-state index contributed by atoms with van der Waals surface area (Å²) in [5.74, 6) is 1.20. The maximum absolute atomic E-state index is 12.5. The highest BCUT2D eigenvalue weighted by Gasteiger charge is 2.24. The number of rotatable bonds is 5. The van der Waals surface area contributed by atoms with Gasteiger partial charge in [0.1, 0.15) is 5.82 Å². The highest BCUT2D eigenvalue weighted by molar-refractivity contribution is 5.97. The second-order valence-corrected chi connectivity index (χ2v) is 7.34. The molecule has 0 bridgehead atoms. The number of carbonyl (C=O) groups excluding carboxylic acids is 1. The minimum absolute atomic E-state index is 0.0779. The van der Waals surface area contributed by atoms with Gasteiger partial charge < -0.3 is 15.4 Å². The minimum Gasteiger partial charge on any atom is -0.393 e. The lowest BCUT2D eigenvalue weighted by atomic mass is 9.93. The van der Waals surface area contributed by atoms with Crippen molar-refractivity contribution < 1.29 is 9.90 Å². The predicted octanol–water partition coefficient (Wildman–Crippen LogP) is 1.20. The molecule has 2 heterocycles. The fourth-order valence-corrected chi connectivity index (χ4v) is 3.84. The monoisotopic (exact) mass is 384 g/mol. The van der Waals surface area contributed by atoms with Gasteiger partial charge in [0.25, 0.3) is 5.91 Å². The van der Waals surface area contributed by atoms with Gasteiger partial charge in [-0.25, -0.2) is 9.78 Å². The van der Waals surface area contributed by atoms with E-state index in [9.17, 15) is 14.7 Å². The molecule has 9 heteroatoms. The van der Waals surface area contributed by atoms with Crippen molar-refractivity contribution in [2.45, 2.75) is 51.2 Å². The van der Waals surface area contributed by atoms with Crippen LogP contribution < -0.4 is 11.0 Å². The summed E-state index contributed by atoms with van der Waals surface area (Å²) in [6.45, 7) is 2.25. The summed E-state index contributed by atoms with van der Waals surface area (Å²) in [6, 6.07) is 5.33. The maximum atomic E-state index is 12.5. The normalized spacial score (nSPS) is 19.8. The van der Waals surface area contributed by atoms with Crippen LogP contribution in [-0.2, 0) is 6.42 Å². The van der Waals surface area contributed by atoms with E-state index in [1.165, 1.54) is 0 Å². The van der Waals surface area contributed by atoms with Gasteiger partial charge >= 0.3 is 5.69 Å². The number of hydrogen-bond donors (Lipinski definition) is 4. The quantitative estimate of drug-likeness (QED) is 0.525. The first-order chi connectivity index (χ1) is 13.5. The Morgan fingerprint density at radius 2 is 2.11 bits per heavy atom. The van der Waals surface area contributed by atoms with Crippen LogP contribution in [0.3, 0.4) is 0 Å². The van der Waals surface area contributed by atoms with E-state index in [0.29, 0.717) is 42.7 Å². The molecule has 1 fully saturated rings. The van der Waals surface area contributed by atoms with Crippen LogP contribution in [0, 0.1) is 6.92 Å². The summed E-state index contributed by atoms with van der Waals surface area (Å²) in [6.07, 6.45) is 3.23. The topological polar surface area (TPSA) is 129 Å². The van der Waals surface area contributed by atoms with Crippen molar-refractivity contribution >= 4 is 16.9 Å². The third-order valence-corrected chi connectivity index (χ3v) is 5.29. The molecule has 3 aromatic rings. The van der Waals surface area contributed by atoms with Crippen LogP contribution in [0.1, 0.15) is 53.7 Å². The second-order valence-electron chi connectivity index (χ2n) is 7.34. The summed E-state index contributed by atoms with van der Waals surface area (Å²) < 4.78 is 1.76. The van der Waals surface area contributed by atoms with Crippen molar-refractivity contribution in [2.24, 2.45) is 0 Å². The van der Waals surface area contributed by atoms with E-state index in [1.54, 1.807) is 16.7 Å². The standard InChI is InChI=1S/C19H24N6O3/c1-11-21-17(24-23-11)8-9-20-18(27)12-2-7-16-15(10-12)22-19(28)25(16)13-3-5-14(26)6-4-13/h2,7,10,13-14,26H,3-6,8-9H2,1H3,(H,20,27)(H,22,28)(H,21,23,24). The molecule has 4 N–H and O–H groups in total. The fourth-order valence-electron chi connectivity index (χ4n) is 3.84. The molecule has 0 spiro atoms. The number of benzene rings is 1. The largest absolute Gasteiger partial charge is 0.393 e. The third-order valence-electron chi connectivity index (χ3n) is 5.29. The number of H-pyrrole nitrogens is 2. The molecule has 1 saturated carbocycles. The number of imidazole rings is 1. The number of hydrogen-bond acceptors (Lipinski definition) is 5. The van der Waals surface area contributed by atoms with Gasteiger partial charge in [0.2, 0.25) is 0 Å². The van der Waals surface area contributed by atoms with Crippen LogP contribution in [0.4, 0.5) is 0 Å². The lowest BCUT2D eigenvalue weighted by Gasteiger charge is -2.26. The van der Waals surface area contributed by atoms with Gasteiger partial charge in [-0.15, -0.1) is 0 Å². The molecule has 0 saturated heterocycles. The van der Waals surface area contributed by atoms with E-state index in [2.05, 4.69) is 25.5 Å².